The van der Waals surface area contributed by atoms with Crippen molar-refractivity contribution in [3.05, 3.63) is 18.2 Å². The minimum Gasteiger partial charge on any atom is -0.493 e. The summed E-state index contributed by atoms with van der Waals surface area (Å²) in [7, 11) is 1.69. The maximum atomic E-state index is 12.3. The second kappa shape index (κ2) is 10.4. The summed E-state index contributed by atoms with van der Waals surface area (Å²) in [6.45, 7) is 10.3. The molecule has 1 aromatic rings. The van der Waals surface area contributed by atoms with Crippen LogP contribution >= 0.6 is 0 Å². The minimum atomic E-state index is -0.431. The van der Waals surface area contributed by atoms with Gasteiger partial charge in [0.25, 0.3) is 0 Å². The van der Waals surface area contributed by atoms with E-state index in [0.717, 1.165) is 76.4 Å². The molecule has 0 saturated carbocycles. The van der Waals surface area contributed by atoms with Crippen LogP contribution in [0.3, 0.4) is 0 Å². The number of hydrogen-bond acceptors (Lipinski definition) is 6. The number of ether oxygens (including phenoxy) is 4. The summed E-state index contributed by atoms with van der Waals surface area (Å²) in [6.07, 6.45) is 6.19. The number of carbonyl (C=O) groups is 1. The van der Waals surface area contributed by atoms with Gasteiger partial charge in [0.15, 0.2) is 17.8 Å². The lowest BCUT2D eigenvalue weighted by Crippen LogP contribution is -2.48. The molecule has 1 unspecified atom stereocenters. The molecular weight excluding hydrogens is 420 g/mol. The molecule has 0 N–H and O–H groups in total. The highest BCUT2D eigenvalue weighted by atomic mass is 16.7. The van der Waals surface area contributed by atoms with Crippen molar-refractivity contribution in [2.45, 2.75) is 71.2 Å². The molecule has 3 heterocycles. The first kappa shape index (κ1) is 24.0. The van der Waals surface area contributed by atoms with E-state index in [0.29, 0.717) is 11.8 Å². The maximum Gasteiger partial charge on any atom is 0.410 e. The van der Waals surface area contributed by atoms with Gasteiger partial charge in [0.05, 0.1) is 13.7 Å². The third-order valence-electron chi connectivity index (χ3n) is 6.80. The van der Waals surface area contributed by atoms with Crippen molar-refractivity contribution < 1.29 is 23.7 Å². The molecule has 1 amide bonds. The molecular formula is C26H40N2O5. The molecule has 3 aliphatic rings. The van der Waals surface area contributed by atoms with Gasteiger partial charge in [0.1, 0.15) is 5.60 Å². The van der Waals surface area contributed by atoms with Gasteiger partial charge in [0.2, 0.25) is 0 Å². The summed E-state index contributed by atoms with van der Waals surface area (Å²) in [5.74, 6) is 2.92. The highest BCUT2D eigenvalue weighted by molar-refractivity contribution is 5.68. The predicted molar refractivity (Wildman–Crippen MR) is 128 cm³/mol. The fourth-order valence-corrected chi connectivity index (χ4v) is 4.97. The van der Waals surface area contributed by atoms with Gasteiger partial charge < -0.3 is 28.7 Å². The van der Waals surface area contributed by atoms with E-state index in [1.807, 2.05) is 31.7 Å². The summed E-state index contributed by atoms with van der Waals surface area (Å²) in [4.78, 5) is 16.5. The number of piperidine rings is 1. The van der Waals surface area contributed by atoms with Crippen LogP contribution in [-0.2, 0) is 9.47 Å². The molecule has 0 spiro atoms. The van der Waals surface area contributed by atoms with Crippen molar-refractivity contribution in [2.24, 2.45) is 11.8 Å². The molecule has 4 rings (SSSR count). The van der Waals surface area contributed by atoms with E-state index in [9.17, 15) is 4.79 Å². The Hall–Kier alpha value is -2.15. The van der Waals surface area contributed by atoms with Crippen molar-refractivity contribution in [1.29, 1.82) is 0 Å². The fraction of sp³-hybridized carbons (Fsp3) is 0.731. The van der Waals surface area contributed by atoms with E-state index < -0.39 is 5.60 Å². The van der Waals surface area contributed by atoms with Crippen LogP contribution < -0.4 is 14.4 Å². The molecule has 3 aliphatic heterocycles. The summed E-state index contributed by atoms with van der Waals surface area (Å²) >= 11 is 0. The highest BCUT2D eigenvalue weighted by Crippen LogP contribution is 2.37. The van der Waals surface area contributed by atoms with E-state index >= 15 is 0 Å². The van der Waals surface area contributed by atoms with Crippen LogP contribution in [0.5, 0.6) is 11.5 Å². The van der Waals surface area contributed by atoms with Gasteiger partial charge in [-0.15, -0.1) is 0 Å². The van der Waals surface area contributed by atoms with Gasteiger partial charge >= 0.3 is 6.09 Å². The molecule has 1 atom stereocenters. The lowest BCUT2D eigenvalue weighted by molar-refractivity contribution is -0.106. The van der Waals surface area contributed by atoms with Gasteiger partial charge in [-0.1, -0.05) is 0 Å². The first-order valence-electron chi connectivity index (χ1n) is 12.5. The largest absolute Gasteiger partial charge is 0.493 e. The molecule has 1 aromatic carbocycles. The van der Waals surface area contributed by atoms with Gasteiger partial charge in [0, 0.05) is 44.4 Å². The number of amides is 1. The second-order valence-electron chi connectivity index (χ2n) is 10.7. The minimum absolute atomic E-state index is 0.173. The Labute approximate surface area is 198 Å². The van der Waals surface area contributed by atoms with E-state index in [2.05, 4.69) is 17.0 Å². The topological polar surface area (TPSA) is 60.5 Å². The molecule has 3 saturated heterocycles. The average Bonchev–Trinajstić information content (AvgIpc) is 2.76. The van der Waals surface area contributed by atoms with Gasteiger partial charge in [-0.25, -0.2) is 4.79 Å². The van der Waals surface area contributed by atoms with Gasteiger partial charge in [-0.3, -0.25) is 0 Å². The Morgan fingerprint density at radius 3 is 2.45 bits per heavy atom. The number of methoxy groups -OCH3 is 1. The summed E-state index contributed by atoms with van der Waals surface area (Å²) < 4.78 is 22.9. The third kappa shape index (κ3) is 6.46. The summed E-state index contributed by atoms with van der Waals surface area (Å²) in [5, 5.41) is 0. The van der Waals surface area contributed by atoms with Gasteiger partial charge in [-0.2, -0.15) is 0 Å². The van der Waals surface area contributed by atoms with E-state index in [1.54, 1.807) is 7.11 Å². The Morgan fingerprint density at radius 1 is 1.06 bits per heavy atom. The highest BCUT2D eigenvalue weighted by Gasteiger charge is 2.33. The zero-order valence-electron chi connectivity index (χ0n) is 20.7. The Bertz CT molecular complexity index is 788. The van der Waals surface area contributed by atoms with Crippen LogP contribution in [0, 0.1) is 11.8 Å². The quantitative estimate of drug-likeness (QED) is 0.590. The van der Waals surface area contributed by atoms with Crippen molar-refractivity contribution in [2.75, 3.05) is 44.8 Å². The number of nitrogens with zero attached hydrogens (tertiary/aromatic N) is 2. The van der Waals surface area contributed by atoms with Crippen LogP contribution in [-0.4, -0.2) is 62.8 Å². The molecule has 0 radical (unpaired) electrons. The van der Waals surface area contributed by atoms with Crippen molar-refractivity contribution >= 4 is 11.8 Å². The molecule has 184 valence electrons. The SMILES string of the molecule is COc1cc(N2CC(CC3CCN(C(=O)OC(C)(C)C)CC3)C2)ccc1OC1CCCCO1. The number of rotatable bonds is 6. The third-order valence-corrected chi connectivity index (χ3v) is 6.80. The maximum absolute atomic E-state index is 12.3. The fourth-order valence-electron chi connectivity index (χ4n) is 4.97. The molecule has 7 nitrogen and oxygen atoms in total. The molecule has 0 aromatic heterocycles. The van der Waals surface area contributed by atoms with Crippen molar-refractivity contribution in [3.63, 3.8) is 0 Å². The molecule has 0 aliphatic carbocycles. The lowest BCUT2D eigenvalue weighted by atomic mass is 9.83. The van der Waals surface area contributed by atoms with E-state index in [-0.39, 0.29) is 12.4 Å². The zero-order valence-corrected chi connectivity index (χ0v) is 20.7. The van der Waals surface area contributed by atoms with Crippen molar-refractivity contribution in [3.8, 4) is 11.5 Å². The molecule has 0 bridgehead atoms. The molecule has 33 heavy (non-hydrogen) atoms. The Kier molecular flexibility index (Phi) is 7.57. The molecule has 7 heteroatoms. The second-order valence-corrected chi connectivity index (χ2v) is 10.7. The number of anilines is 1. The first-order valence-corrected chi connectivity index (χ1v) is 12.5. The van der Waals surface area contributed by atoms with Crippen LogP contribution in [0.1, 0.15) is 59.3 Å². The predicted octanol–water partition coefficient (Wildman–Crippen LogP) is 5.07. The molecule has 3 fully saturated rings. The smallest absolute Gasteiger partial charge is 0.410 e. The van der Waals surface area contributed by atoms with Crippen molar-refractivity contribution in [1.82, 2.24) is 4.90 Å². The number of carbonyl (C=O) groups excluding carboxylic acids is 1. The summed E-state index contributed by atoms with van der Waals surface area (Å²) in [5.41, 5.74) is 0.750. The first-order chi connectivity index (χ1) is 15.8. The number of hydrogen-bond donors (Lipinski definition) is 0. The van der Waals surface area contributed by atoms with Crippen LogP contribution in [0.25, 0.3) is 0 Å². The van der Waals surface area contributed by atoms with Crippen LogP contribution in [0.4, 0.5) is 10.5 Å². The van der Waals surface area contributed by atoms with E-state index in [1.165, 1.54) is 12.1 Å². The monoisotopic (exact) mass is 460 g/mol. The average molecular weight is 461 g/mol. The number of likely N-dealkylation sites (tertiary alicyclic amines) is 1. The lowest BCUT2D eigenvalue weighted by Gasteiger charge is -2.44. The summed E-state index contributed by atoms with van der Waals surface area (Å²) in [6, 6.07) is 6.20. The standard InChI is InChI=1S/C26H40N2O5/c1-26(2,3)33-25(29)27-12-10-19(11-13-27)15-20-17-28(18-20)21-8-9-22(23(16-21)30-4)32-24-7-5-6-14-31-24/h8-9,16,19-20,24H,5-7,10-15,17-18H2,1-4H3. The van der Waals surface area contributed by atoms with Gasteiger partial charge in [-0.05, 0) is 76.8 Å². The zero-order chi connectivity index (χ0) is 23.4. The Morgan fingerprint density at radius 2 is 1.82 bits per heavy atom. The van der Waals surface area contributed by atoms with Crippen LogP contribution in [0.2, 0.25) is 0 Å². The normalized spacial score (nSPS) is 22.6. The Balaban J connectivity index is 1.21. The van der Waals surface area contributed by atoms with Crippen LogP contribution in [0.15, 0.2) is 18.2 Å². The van der Waals surface area contributed by atoms with E-state index in [4.69, 9.17) is 18.9 Å². The number of benzene rings is 1.